The fourth-order valence-corrected chi connectivity index (χ4v) is 3.26. The second-order valence-corrected chi connectivity index (χ2v) is 7.43. The summed E-state index contributed by atoms with van der Waals surface area (Å²) in [6.07, 6.45) is 1.08. The smallest absolute Gasteiger partial charge is 0.242 e. The lowest BCUT2D eigenvalue weighted by Gasteiger charge is -2.15. The van der Waals surface area contributed by atoms with Gasteiger partial charge in [0.1, 0.15) is 5.78 Å². The predicted molar refractivity (Wildman–Crippen MR) is 76.9 cm³/mol. The van der Waals surface area contributed by atoms with Crippen molar-refractivity contribution in [2.45, 2.75) is 57.5 Å². The zero-order valence-corrected chi connectivity index (χ0v) is 13.0. The fraction of sp³-hybridized carbons (Fsp3) is 0.786. The van der Waals surface area contributed by atoms with E-state index in [4.69, 9.17) is 0 Å². The minimum absolute atomic E-state index is 0.121. The topological polar surface area (TPSA) is 54.5 Å². The molecule has 1 fully saturated rings. The first-order valence-electron chi connectivity index (χ1n) is 6.82. The summed E-state index contributed by atoms with van der Waals surface area (Å²) in [5.41, 5.74) is 0. The number of hydrogen-bond acceptors (Lipinski definition) is 4. The predicted octanol–water partition coefficient (Wildman–Crippen LogP) is 2.26. The molecule has 108 valence electrons. The van der Waals surface area contributed by atoms with Gasteiger partial charge in [-0.25, -0.2) is 0 Å². The molecule has 1 atom stereocenters. The van der Waals surface area contributed by atoms with Gasteiger partial charge in [-0.1, -0.05) is 27.7 Å². The molecule has 2 amide bonds. The lowest BCUT2D eigenvalue weighted by Crippen LogP contribution is -2.33. The summed E-state index contributed by atoms with van der Waals surface area (Å²) >= 11 is 1.53. The van der Waals surface area contributed by atoms with Gasteiger partial charge in [0.25, 0.3) is 0 Å². The summed E-state index contributed by atoms with van der Waals surface area (Å²) in [6, 6.07) is 0. The van der Waals surface area contributed by atoms with Gasteiger partial charge >= 0.3 is 0 Å². The molecule has 4 nitrogen and oxygen atoms in total. The number of likely N-dealkylation sites (tertiary alicyclic amines) is 1. The molecule has 1 aliphatic rings. The van der Waals surface area contributed by atoms with Crippen LogP contribution in [0.5, 0.6) is 0 Å². The van der Waals surface area contributed by atoms with Crippen molar-refractivity contribution in [1.29, 1.82) is 0 Å². The molecule has 0 aliphatic carbocycles. The maximum Gasteiger partial charge on any atom is 0.242 e. The van der Waals surface area contributed by atoms with E-state index in [1.165, 1.54) is 16.7 Å². The maximum atomic E-state index is 12.1. The summed E-state index contributed by atoms with van der Waals surface area (Å²) in [5, 5.41) is 0.0666. The van der Waals surface area contributed by atoms with Crippen molar-refractivity contribution in [3.63, 3.8) is 0 Å². The van der Waals surface area contributed by atoms with Crippen molar-refractivity contribution < 1.29 is 14.4 Å². The number of nitrogens with zero attached hydrogens (tertiary/aromatic N) is 1. The van der Waals surface area contributed by atoms with E-state index >= 15 is 0 Å². The molecule has 0 N–H and O–H groups in total. The highest BCUT2D eigenvalue weighted by atomic mass is 32.2. The van der Waals surface area contributed by atoms with Crippen LogP contribution in [0, 0.1) is 5.92 Å². The molecule has 1 unspecified atom stereocenters. The third kappa shape index (κ3) is 4.97. The summed E-state index contributed by atoms with van der Waals surface area (Å²) in [6.45, 7) is 8.24. The SMILES string of the molecule is CC(C)CC(=O)CCN1C(=O)CC(SC(C)C)C1=O. The number of carbonyl (C=O) groups is 3. The highest BCUT2D eigenvalue weighted by molar-refractivity contribution is 8.01. The van der Waals surface area contributed by atoms with Gasteiger partial charge in [0.15, 0.2) is 0 Å². The minimum atomic E-state index is -0.257. The molecule has 5 heteroatoms. The van der Waals surface area contributed by atoms with Gasteiger partial charge in [0.05, 0.1) is 5.25 Å². The van der Waals surface area contributed by atoms with Crippen LogP contribution in [0.25, 0.3) is 0 Å². The Kier molecular flexibility index (Phi) is 6.04. The highest BCUT2D eigenvalue weighted by Crippen LogP contribution is 2.28. The molecule has 1 aliphatic heterocycles. The molecule has 0 radical (unpaired) electrons. The molecule has 0 aromatic carbocycles. The molecular formula is C14H23NO3S. The Morgan fingerprint density at radius 2 is 1.95 bits per heavy atom. The number of amides is 2. The molecule has 0 spiro atoms. The number of Topliss-reactive ketones (excluding diaryl/α,β-unsaturated/α-hetero) is 1. The maximum absolute atomic E-state index is 12.1. The van der Waals surface area contributed by atoms with Crippen LogP contribution in [0.15, 0.2) is 0 Å². The fourth-order valence-electron chi connectivity index (χ4n) is 2.12. The van der Waals surface area contributed by atoms with Gasteiger partial charge in [-0.15, -0.1) is 11.8 Å². The molecule has 0 aromatic heterocycles. The van der Waals surface area contributed by atoms with Crippen molar-refractivity contribution in [2.75, 3.05) is 6.54 Å². The molecule has 0 bridgehead atoms. The van der Waals surface area contributed by atoms with E-state index in [1.807, 2.05) is 27.7 Å². The quantitative estimate of drug-likeness (QED) is 0.673. The van der Waals surface area contributed by atoms with Crippen molar-refractivity contribution in [2.24, 2.45) is 5.92 Å². The van der Waals surface area contributed by atoms with E-state index < -0.39 is 0 Å². The number of carbonyl (C=O) groups excluding carboxylic acids is 3. The van der Waals surface area contributed by atoms with Crippen molar-refractivity contribution in [1.82, 2.24) is 4.90 Å². The summed E-state index contributed by atoms with van der Waals surface area (Å²) < 4.78 is 0. The standard InChI is InChI=1S/C14H23NO3S/c1-9(2)7-11(16)5-6-15-13(17)8-12(14(15)18)19-10(3)4/h9-10,12H,5-8H2,1-4H3. The van der Waals surface area contributed by atoms with Crippen molar-refractivity contribution in [3.05, 3.63) is 0 Å². The van der Waals surface area contributed by atoms with Gasteiger partial charge in [-0.2, -0.15) is 0 Å². The zero-order valence-electron chi connectivity index (χ0n) is 12.1. The van der Waals surface area contributed by atoms with Crippen LogP contribution >= 0.6 is 11.8 Å². The van der Waals surface area contributed by atoms with Crippen LogP contribution in [0.3, 0.4) is 0 Å². The Balaban J connectivity index is 2.48. The third-order valence-electron chi connectivity index (χ3n) is 2.89. The average molecular weight is 285 g/mol. The summed E-state index contributed by atoms with van der Waals surface area (Å²) in [5.74, 6) is 0.179. The molecule has 1 saturated heterocycles. The minimum Gasteiger partial charge on any atom is -0.300 e. The van der Waals surface area contributed by atoms with E-state index in [9.17, 15) is 14.4 Å². The molecule has 0 aromatic rings. The van der Waals surface area contributed by atoms with Gasteiger partial charge < -0.3 is 0 Å². The third-order valence-corrected chi connectivity index (χ3v) is 4.13. The van der Waals surface area contributed by atoms with E-state index in [0.29, 0.717) is 17.6 Å². The Hall–Kier alpha value is -0.840. The van der Waals surface area contributed by atoms with E-state index in [0.717, 1.165) is 0 Å². The molecule has 1 rings (SSSR count). The van der Waals surface area contributed by atoms with Gasteiger partial charge in [-0.05, 0) is 11.2 Å². The Bertz CT molecular complexity index is 366. The molecule has 1 heterocycles. The average Bonchev–Trinajstić information content (AvgIpc) is 2.50. The molecule has 0 saturated carbocycles. The van der Waals surface area contributed by atoms with Crippen LogP contribution in [0.2, 0.25) is 0 Å². The van der Waals surface area contributed by atoms with Crippen molar-refractivity contribution in [3.8, 4) is 0 Å². The van der Waals surface area contributed by atoms with Gasteiger partial charge in [0.2, 0.25) is 11.8 Å². The first kappa shape index (κ1) is 16.2. The second kappa shape index (κ2) is 7.08. The van der Waals surface area contributed by atoms with Crippen LogP contribution in [-0.4, -0.2) is 39.5 Å². The zero-order chi connectivity index (χ0) is 14.6. The first-order chi connectivity index (χ1) is 8.81. The summed E-state index contributed by atoms with van der Waals surface area (Å²) in [4.78, 5) is 36.7. The monoisotopic (exact) mass is 285 g/mol. The van der Waals surface area contributed by atoms with Crippen molar-refractivity contribution >= 4 is 29.4 Å². The number of hydrogen-bond donors (Lipinski definition) is 0. The van der Waals surface area contributed by atoms with Crippen LogP contribution in [-0.2, 0) is 14.4 Å². The molecular weight excluding hydrogens is 262 g/mol. The largest absolute Gasteiger partial charge is 0.300 e. The van der Waals surface area contributed by atoms with E-state index in [1.54, 1.807) is 0 Å². The second-order valence-electron chi connectivity index (χ2n) is 5.65. The van der Waals surface area contributed by atoms with Crippen LogP contribution in [0.1, 0.15) is 47.0 Å². The van der Waals surface area contributed by atoms with E-state index in [-0.39, 0.29) is 42.2 Å². The lowest BCUT2D eigenvalue weighted by atomic mass is 10.1. The Labute approximate surface area is 119 Å². The number of ketones is 1. The van der Waals surface area contributed by atoms with E-state index in [2.05, 4.69) is 0 Å². The first-order valence-corrected chi connectivity index (χ1v) is 7.77. The van der Waals surface area contributed by atoms with Gasteiger partial charge in [-0.3, -0.25) is 19.3 Å². The highest BCUT2D eigenvalue weighted by Gasteiger charge is 2.38. The van der Waals surface area contributed by atoms with Crippen LogP contribution in [0.4, 0.5) is 0 Å². The number of rotatable bonds is 7. The van der Waals surface area contributed by atoms with Crippen LogP contribution < -0.4 is 0 Å². The Morgan fingerprint density at radius 1 is 1.32 bits per heavy atom. The Morgan fingerprint density at radius 3 is 2.47 bits per heavy atom. The summed E-state index contributed by atoms with van der Waals surface area (Å²) in [7, 11) is 0. The normalized spacial score (nSPS) is 19.9. The number of imide groups is 1. The van der Waals surface area contributed by atoms with Gasteiger partial charge in [0, 0.05) is 25.8 Å². The lowest BCUT2D eigenvalue weighted by molar-refractivity contribution is -0.138. The number of thioether (sulfide) groups is 1. The molecule has 19 heavy (non-hydrogen) atoms.